The Morgan fingerprint density at radius 1 is 0.371 bits per heavy atom. The first-order chi connectivity index (χ1) is 17.4. The van der Waals surface area contributed by atoms with Crippen LogP contribution in [0.2, 0.25) is 0 Å². The van der Waals surface area contributed by atoms with E-state index in [-0.39, 0.29) is 0 Å². The van der Waals surface area contributed by atoms with Crippen LogP contribution in [0.5, 0.6) is 0 Å². The molecule has 0 aliphatic heterocycles. The van der Waals surface area contributed by atoms with Crippen LogP contribution in [-0.4, -0.2) is 0 Å². The summed E-state index contributed by atoms with van der Waals surface area (Å²) in [5, 5.41) is 6.23. The average Bonchev–Trinajstić information content (AvgIpc) is 2.94. The van der Waals surface area contributed by atoms with Crippen LogP contribution in [0.4, 0.5) is 11.4 Å². The monoisotopic (exact) mass is 447 g/mol. The Balaban J connectivity index is 1.40. The van der Waals surface area contributed by atoms with Crippen molar-refractivity contribution in [2.75, 3.05) is 5.32 Å². The van der Waals surface area contributed by atoms with E-state index >= 15 is 0 Å². The standard InChI is InChI=1S/C34H25N/c1-2-12-25(13-3-1)30-19-6-7-20-32(30)33-21-8-9-23-34(33)35-28-17-10-16-27(24-28)31-22-11-15-26-14-4-5-18-29(26)31/h1-24,35H. The van der Waals surface area contributed by atoms with Gasteiger partial charge in [-0.2, -0.15) is 0 Å². The van der Waals surface area contributed by atoms with Crippen LogP contribution in [0.15, 0.2) is 146 Å². The Labute approximate surface area is 206 Å². The molecule has 166 valence electrons. The van der Waals surface area contributed by atoms with E-state index in [1.807, 2.05) is 0 Å². The normalized spacial score (nSPS) is 10.9. The highest BCUT2D eigenvalue weighted by atomic mass is 14.9. The van der Waals surface area contributed by atoms with Gasteiger partial charge in [0.15, 0.2) is 0 Å². The minimum absolute atomic E-state index is 1.07. The van der Waals surface area contributed by atoms with E-state index in [0.29, 0.717) is 0 Å². The van der Waals surface area contributed by atoms with Crippen LogP contribution < -0.4 is 5.32 Å². The summed E-state index contributed by atoms with van der Waals surface area (Å²) in [6.45, 7) is 0. The number of benzene rings is 6. The number of anilines is 2. The molecule has 6 rings (SSSR count). The second kappa shape index (κ2) is 9.32. The van der Waals surface area contributed by atoms with Gasteiger partial charge in [0, 0.05) is 16.9 Å². The molecule has 0 amide bonds. The molecule has 0 aromatic heterocycles. The van der Waals surface area contributed by atoms with Gasteiger partial charge in [0.1, 0.15) is 0 Å². The topological polar surface area (TPSA) is 12.0 Å². The van der Waals surface area contributed by atoms with Gasteiger partial charge in [-0.1, -0.05) is 127 Å². The van der Waals surface area contributed by atoms with Crippen molar-refractivity contribution in [1.82, 2.24) is 0 Å². The summed E-state index contributed by atoms with van der Waals surface area (Å²) < 4.78 is 0. The molecule has 1 N–H and O–H groups in total. The number of fused-ring (bicyclic) bond motifs is 1. The second-order valence-electron chi connectivity index (χ2n) is 8.69. The molecule has 0 radical (unpaired) electrons. The molecule has 0 aliphatic carbocycles. The summed E-state index contributed by atoms with van der Waals surface area (Å²) in [4.78, 5) is 0. The molecule has 0 spiro atoms. The van der Waals surface area contributed by atoms with Crippen molar-refractivity contribution in [3.05, 3.63) is 146 Å². The van der Waals surface area contributed by atoms with Crippen molar-refractivity contribution in [1.29, 1.82) is 0 Å². The maximum absolute atomic E-state index is 3.71. The Bertz CT molecular complexity index is 1610. The van der Waals surface area contributed by atoms with Gasteiger partial charge in [-0.05, 0) is 56.8 Å². The molecule has 6 aromatic rings. The van der Waals surface area contributed by atoms with Crippen molar-refractivity contribution in [2.24, 2.45) is 0 Å². The molecule has 0 saturated heterocycles. The highest BCUT2D eigenvalue weighted by Crippen LogP contribution is 2.38. The van der Waals surface area contributed by atoms with Crippen LogP contribution in [0.1, 0.15) is 0 Å². The summed E-state index contributed by atoms with van der Waals surface area (Å²) >= 11 is 0. The highest BCUT2D eigenvalue weighted by Gasteiger charge is 2.11. The van der Waals surface area contributed by atoms with E-state index in [1.54, 1.807) is 0 Å². The molecule has 0 heterocycles. The predicted molar refractivity (Wildman–Crippen MR) is 150 cm³/mol. The van der Waals surface area contributed by atoms with Crippen molar-refractivity contribution >= 4 is 22.1 Å². The number of para-hydroxylation sites is 1. The highest BCUT2D eigenvalue weighted by molar-refractivity contribution is 5.97. The SMILES string of the molecule is c1ccc(-c2ccccc2-c2ccccc2Nc2cccc(-c3cccc4ccccc34)c2)cc1. The zero-order valence-corrected chi connectivity index (χ0v) is 19.4. The summed E-state index contributed by atoms with van der Waals surface area (Å²) in [6.07, 6.45) is 0. The third-order valence-electron chi connectivity index (χ3n) is 6.47. The molecule has 0 fully saturated rings. The molecule has 0 atom stereocenters. The molecule has 0 bridgehead atoms. The summed E-state index contributed by atoms with van der Waals surface area (Å²) in [5.41, 5.74) is 9.45. The lowest BCUT2D eigenvalue weighted by molar-refractivity contribution is 1.52. The van der Waals surface area contributed by atoms with Gasteiger partial charge >= 0.3 is 0 Å². The van der Waals surface area contributed by atoms with Crippen molar-refractivity contribution in [2.45, 2.75) is 0 Å². The lowest BCUT2D eigenvalue weighted by Gasteiger charge is -2.16. The smallest absolute Gasteiger partial charge is 0.0464 e. The fourth-order valence-electron chi connectivity index (χ4n) is 4.81. The first-order valence-electron chi connectivity index (χ1n) is 12.0. The number of hydrogen-bond donors (Lipinski definition) is 1. The van der Waals surface area contributed by atoms with E-state index in [0.717, 1.165) is 11.4 Å². The summed E-state index contributed by atoms with van der Waals surface area (Å²) in [5.74, 6) is 0. The van der Waals surface area contributed by atoms with Crippen molar-refractivity contribution < 1.29 is 0 Å². The Kier molecular flexibility index (Phi) is 5.58. The van der Waals surface area contributed by atoms with Crippen LogP contribution >= 0.6 is 0 Å². The maximum atomic E-state index is 3.71. The quantitative estimate of drug-likeness (QED) is 0.277. The first kappa shape index (κ1) is 20.9. The van der Waals surface area contributed by atoms with Gasteiger partial charge in [-0.3, -0.25) is 0 Å². The van der Waals surface area contributed by atoms with Crippen molar-refractivity contribution in [3.63, 3.8) is 0 Å². The fourth-order valence-corrected chi connectivity index (χ4v) is 4.81. The van der Waals surface area contributed by atoms with Gasteiger partial charge in [-0.25, -0.2) is 0 Å². The average molecular weight is 448 g/mol. The van der Waals surface area contributed by atoms with Gasteiger partial charge in [-0.15, -0.1) is 0 Å². The minimum atomic E-state index is 1.07. The van der Waals surface area contributed by atoms with Crippen LogP contribution in [0, 0.1) is 0 Å². The lowest BCUT2D eigenvalue weighted by atomic mass is 9.93. The fraction of sp³-hybridized carbons (Fsp3) is 0. The zero-order valence-electron chi connectivity index (χ0n) is 19.4. The van der Waals surface area contributed by atoms with E-state index in [2.05, 4.69) is 151 Å². The molecule has 0 unspecified atom stereocenters. The molecule has 0 aliphatic rings. The van der Waals surface area contributed by atoms with E-state index < -0.39 is 0 Å². The van der Waals surface area contributed by atoms with Crippen LogP contribution in [0.25, 0.3) is 44.2 Å². The Morgan fingerprint density at radius 2 is 0.971 bits per heavy atom. The van der Waals surface area contributed by atoms with Crippen molar-refractivity contribution in [3.8, 4) is 33.4 Å². The second-order valence-corrected chi connectivity index (χ2v) is 8.69. The van der Waals surface area contributed by atoms with Gasteiger partial charge in [0.05, 0.1) is 0 Å². The Morgan fingerprint density at radius 3 is 1.86 bits per heavy atom. The molecule has 1 nitrogen and oxygen atoms in total. The number of rotatable bonds is 5. The summed E-state index contributed by atoms with van der Waals surface area (Å²) in [6, 6.07) is 51.5. The zero-order chi connectivity index (χ0) is 23.5. The van der Waals surface area contributed by atoms with Crippen LogP contribution in [0.3, 0.4) is 0 Å². The van der Waals surface area contributed by atoms with Crippen LogP contribution in [-0.2, 0) is 0 Å². The van der Waals surface area contributed by atoms with E-state index in [1.165, 1.54) is 44.2 Å². The Hall–Kier alpha value is -4.62. The van der Waals surface area contributed by atoms with E-state index in [9.17, 15) is 0 Å². The third-order valence-corrected chi connectivity index (χ3v) is 6.47. The maximum Gasteiger partial charge on any atom is 0.0464 e. The number of hydrogen-bond acceptors (Lipinski definition) is 1. The molecule has 1 heteroatoms. The van der Waals surface area contributed by atoms with Gasteiger partial charge in [0.25, 0.3) is 0 Å². The van der Waals surface area contributed by atoms with E-state index in [4.69, 9.17) is 0 Å². The molecule has 6 aromatic carbocycles. The summed E-state index contributed by atoms with van der Waals surface area (Å²) in [7, 11) is 0. The minimum Gasteiger partial charge on any atom is -0.355 e. The molecule has 35 heavy (non-hydrogen) atoms. The lowest BCUT2D eigenvalue weighted by Crippen LogP contribution is -1.95. The third kappa shape index (κ3) is 4.20. The predicted octanol–water partition coefficient (Wildman–Crippen LogP) is 9.58. The molecular formula is C34H25N. The molecular weight excluding hydrogens is 422 g/mol. The van der Waals surface area contributed by atoms with Gasteiger partial charge in [0.2, 0.25) is 0 Å². The number of nitrogens with one attached hydrogen (secondary N) is 1. The first-order valence-corrected chi connectivity index (χ1v) is 12.0. The largest absolute Gasteiger partial charge is 0.355 e. The van der Waals surface area contributed by atoms with Gasteiger partial charge < -0.3 is 5.32 Å². The molecule has 0 saturated carbocycles.